The fourth-order valence-electron chi connectivity index (χ4n) is 2.57. The Morgan fingerprint density at radius 1 is 1.08 bits per heavy atom. The molecule has 2 aromatic rings. The second-order valence-electron chi connectivity index (χ2n) is 6.07. The summed E-state index contributed by atoms with van der Waals surface area (Å²) in [5, 5.41) is 2.90. The average Bonchev–Trinajstić information content (AvgIpc) is 2.56. The van der Waals surface area contributed by atoms with Gasteiger partial charge in [0, 0.05) is 25.8 Å². The Labute approximate surface area is 144 Å². The van der Waals surface area contributed by atoms with E-state index < -0.39 is 0 Å². The molecule has 0 unspecified atom stereocenters. The van der Waals surface area contributed by atoms with Gasteiger partial charge in [-0.1, -0.05) is 24.3 Å². The molecule has 0 aliphatic carbocycles. The van der Waals surface area contributed by atoms with Crippen LogP contribution in [0.5, 0.6) is 5.75 Å². The number of rotatable bonds is 8. The van der Waals surface area contributed by atoms with Crippen molar-refractivity contribution < 1.29 is 9.53 Å². The molecule has 0 atom stereocenters. The number of aryl methyl sites for hydroxylation is 2. The molecule has 0 saturated carbocycles. The summed E-state index contributed by atoms with van der Waals surface area (Å²) >= 11 is 0. The maximum atomic E-state index is 11.9. The maximum Gasteiger partial charge on any atom is 0.257 e. The largest absolute Gasteiger partial charge is 0.484 e. The number of hydrogen-bond acceptors (Lipinski definition) is 3. The van der Waals surface area contributed by atoms with Crippen LogP contribution < -0.4 is 15.0 Å². The van der Waals surface area contributed by atoms with Crippen molar-refractivity contribution in [3.63, 3.8) is 0 Å². The average molecular weight is 326 g/mol. The number of nitrogens with one attached hydrogen (secondary N) is 1. The summed E-state index contributed by atoms with van der Waals surface area (Å²) in [6, 6.07) is 16.2. The van der Waals surface area contributed by atoms with Crippen LogP contribution in [0.1, 0.15) is 17.5 Å². The van der Waals surface area contributed by atoms with Crippen LogP contribution in [0.2, 0.25) is 0 Å². The quantitative estimate of drug-likeness (QED) is 0.757. The van der Waals surface area contributed by atoms with Crippen LogP contribution in [0.4, 0.5) is 5.69 Å². The molecule has 0 fully saturated rings. The summed E-state index contributed by atoms with van der Waals surface area (Å²) in [6.45, 7) is 5.62. The first kappa shape index (κ1) is 17.9. The Morgan fingerprint density at radius 3 is 2.42 bits per heavy atom. The smallest absolute Gasteiger partial charge is 0.257 e. The van der Waals surface area contributed by atoms with E-state index in [9.17, 15) is 4.79 Å². The van der Waals surface area contributed by atoms with Crippen LogP contribution in [0, 0.1) is 13.8 Å². The zero-order valence-corrected chi connectivity index (χ0v) is 14.7. The lowest BCUT2D eigenvalue weighted by molar-refractivity contribution is -0.123. The SMILES string of the molecule is Cc1cc(C)cc(OCC(=O)NCCCN(C)c2ccccc2)c1. The van der Waals surface area contributed by atoms with Crippen molar-refractivity contribution in [2.75, 3.05) is 31.6 Å². The second kappa shape index (κ2) is 8.96. The first-order chi connectivity index (χ1) is 11.5. The summed E-state index contributed by atoms with van der Waals surface area (Å²) in [5.41, 5.74) is 3.45. The highest BCUT2D eigenvalue weighted by Gasteiger charge is 2.04. The molecule has 0 heterocycles. The fraction of sp³-hybridized carbons (Fsp3) is 0.350. The number of para-hydroxylation sites is 1. The van der Waals surface area contributed by atoms with Crippen LogP contribution >= 0.6 is 0 Å². The molecule has 0 radical (unpaired) electrons. The summed E-state index contributed by atoms with van der Waals surface area (Å²) < 4.78 is 5.55. The third-order valence-corrected chi connectivity index (χ3v) is 3.75. The van der Waals surface area contributed by atoms with Crippen LogP contribution in [-0.4, -0.2) is 32.7 Å². The first-order valence-electron chi connectivity index (χ1n) is 8.28. The minimum Gasteiger partial charge on any atom is -0.484 e. The zero-order valence-electron chi connectivity index (χ0n) is 14.7. The van der Waals surface area contributed by atoms with E-state index in [0.29, 0.717) is 6.54 Å². The van der Waals surface area contributed by atoms with Crippen molar-refractivity contribution in [3.8, 4) is 5.75 Å². The minimum absolute atomic E-state index is 0.0530. The molecular formula is C20H26N2O2. The van der Waals surface area contributed by atoms with E-state index in [1.165, 1.54) is 5.69 Å². The molecule has 4 nitrogen and oxygen atoms in total. The van der Waals surface area contributed by atoms with E-state index in [1.807, 2.05) is 44.2 Å². The highest BCUT2D eigenvalue weighted by molar-refractivity contribution is 5.77. The summed E-state index contributed by atoms with van der Waals surface area (Å²) in [5.74, 6) is 0.656. The molecule has 128 valence electrons. The number of nitrogens with zero attached hydrogens (tertiary/aromatic N) is 1. The molecule has 24 heavy (non-hydrogen) atoms. The van der Waals surface area contributed by atoms with Crippen molar-refractivity contribution >= 4 is 11.6 Å². The predicted molar refractivity (Wildman–Crippen MR) is 98.7 cm³/mol. The molecule has 1 N–H and O–H groups in total. The van der Waals surface area contributed by atoms with Crippen LogP contribution in [0.15, 0.2) is 48.5 Å². The van der Waals surface area contributed by atoms with Gasteiger partial charge in [-0.05, 0) is 55.7 Å². The highest BCUT2D eigenvalue weighted by atomic mass is 16.5. The van der Waals surface area contributed by atoms with Crippen molar-refractivity contribution in [1.82, 2.24) is 5.32 Å². The first-order valence-corrected chi connectivity index (χ1v) is 8.28. The van der Waals surface area contributed by atoms with Gasteiger partial charge in [0.25, 0.3) is 5.91 Å². The molecule has 0 aliphatic rings. The van der Waals surface area contributed by atoms with Gasteiger partial charge in [-0.3, -0.25) is 4.79 Å². The Morgan fingerprint density at radius 2 is 1.75 bits per heavy atom. The maximum absolute atomic E-state index is 11.9. The van der Waals surface area contributed by atoms with Gasteiger partial charge in [0.2, 0.25) is 0 Å². The van der Waals surface area contributed by atoms with Crippen molar-refractivity contribution in [3.05, 3.63) is 59.7 Å². The number of amides is 1. The van der Waals surface area contributed by atoms with Gasteiger partial charge in [-0.2, -0.15) is 0 Å². The van der Waals surface area contributed by atoms with E-state index in [-0.39, 0.29) is 12.5 Å². The van der Waals surface area contributed by atoms with Gasteiger partial charge in [0.15, 0.2) is 6.61 Å². The number of carbonyl (C=O) groups excluding carboxylic acids is 1. The molecule has 0 bridgehead atoms. The van der Waals surface area contributed by atoms with Gasteiger partial charge in [-0.25, -0.2) is 0 Å². The van der Waals surface area contributed by atoms with Gasteiger partial charge in [-0.15, -0.1) is 0 Å². The number of anilines is 1. The van der Waals surface area contributed by atoms with E-state index in [4.69, 9.17) is 4.74 Å². The predicted octanol–water partition coefficient (Wildman–Crippen LogP) is 3.32. The summed E-state index contributed by atoms with van der Waals surface area (Å²) in [4.78, 5) is 14.0. The Kier molecular flexibility index (Phi) is 6.67. The molecule has 0 aromatic heterocycles. The molecule has 0 saturated heterocycles. The van der Waals surface area contributed by atoms with Crippen molar-refractivity contribution in [1.29, 1.82) is 0 Å². The van der Waals surface area contributed by atoms with Crippen molar-refractivity contribution in [2.24, 2.45) is 0 Å². The fourth-order valence-corrected chi connectivity index (χ4v) is 2.57. The molecule has 0 spiro atoms. The number of hydrogen-bond donors (Lipinski definition) is 1. The van der Waals surface area contributed by atoms with E-state index in [1.54, 1.807) is 0 Å². The monoisotopic (exact) mass is 326 g/mol. The topological polar surface area (TPSA) is 41.6 Å². The third-order valence-electron chi connectivity index (χ3n) is 3.75. The molecule has 4 heteroatoms. The van der Waals surface area contributed by atoms with E-state index in [0.717, 1.165) is 29.8 Å². The highest BCUT2D eigenvalue weighted by Crippen LogP contribution is 2.16. The lowest BCUT2D eigenvalue weighted by Crippen LogP contribution is -2.31. The molecule has 1 amide bonds. The number of benzene rings is 2. The standard InChI is InChI=1S/C20H26N2O2/c1-16-12-17(2)14-19(13-16)24-15-20(23)21-10-7-11-22(3)18-8-5-4-6-9-18/h4-6,8-9,12-14H,7,10-11,15H2,1-3H3,(H,21,23). The molecular weight excluding hydrogens is 300 g/mol. The number of ether oxygens (including phenoxy) is 1. The van der Waals surface area contributed by atoms with E-state index in [2.05, 4.69) is 35.5 Å². The second-order valence-corrected chi connectivity index (χ2v) is 6.07. The Balaban J connectivity index is 1.64. The van der Waals surface area contributed by atoms with Crippen LogP contribution in [0.3, 0.4) is 0 Å². The van der Waals surface area contributed by atoms with Gasteiger partial charge < -0.3 is 15.0 Å². The molecule has 2 rings (SSSR count). The van der Waals surface area contributed by atoms with Crippen LogP contribution in [0.25, 0.3) is 0 Å². The zero-order chi connectivity index (χ0) is 17.4. The van der Waals surface area contributed by atoms with Gasteiger partial charge in [0.05, 0.1) is 0 Å². The Bertz CT molecular complexity index is 636. The summed E-state index contributed by atoms with van der Waals surface area (Å²) in [6.07, 6.45) is 0.890. The molecule has 0 aliphatic heterocycles. The third kappa shape index (κ3) is 5.95. The van der Waals surface area contributed by atoms with Gasteiger partial charge in [0.1, 0.15) is 5.75 Å². The minimum atomic E-state index is -0.0866. The normalized spacial score (nSPS) is 10.3. The lowest BCUT2D eigenvalue weighted by Gasteiger charge is -2.19. The summed E-state index contributed by atoms with van der Waals surface area (Å²) in [7, 11) is 2.06. The van der Waals surface area contributed by atoms with Crippen LogP contribution in [-0.2, 0) is 4.79 Å². The molecule has 2 aromatic carbocycles. The van der Waals surface area contributed by atoms with E-state index >= 15 is 0 Å². The number of carbonyl (C=O) groups is 1. The Hall–Kier alpha value is -2.49. The van der Waals surface area contributed by atoms with Gasteiger partial charge >= 0.3 is 0 Å². The lowest BCUT2D eigenvalue weighted by atomic mass is 10.1. The van der Waals surface area contributed by atoms with Crippen molar-refractivity contribution in [2.45, 2.75) is 20.3 Å².